The first-order valence-corrected chi connectivity index (χ1v) is 9.98. The zero-order chi connectivity index (χ0) is 22.1. The van der Waals surface area contributed by atoms with Crippen LogP contribution in [0.4, 0.5) is 8.78 Å². The van der Waals surface area contributed by atoms with Crippen LogP contribution in [0.5, 0.6) is 10.9 Å². The highest BCUT2D eigenvalue weighted by Gasteiger charge is 2.18. The molecule has 0 amide bonds. The van der Waals surface area contributed by atoms with Gasteiger partial charge in [-0.05, 0) is 43.3 Å². The Morgan fingerprint density at radius 2 is 1.87 bits per heavy atom. The molecule has 0 saturated heterocycles. The third-order valence-corrected chi connectivity index (χ3v) is 5.26. The van der Waals surface area contributed by atoms with E-state index >= 15 is 0 Å². The molecule has 0 spiro atoms. The molecular weight excluding hydrogens is 430 g/mol. The van der Waals surface area contributed by atoms with Gasteiger partial charge in [0.05, 0.1) is 28.3 Å². The average molecular weight is 446 g/mol. The quantitative estimate of drug-likeness (QED) is 0.452. The third-order valence-electron chi connectivity index (χ3n) is 4.36. The van der Waals surface area contributed by atoms with E-state index in [1.807, 2.05) is 6.92 Å². The Hall–Kier alpha value is -3.60. The lowest BCUT2D eigenvalue weighted by Crippen LogP contribution is -2.23. The summed E-state index contributed by atoms with van der Waals surface area (Å²) in [7, 11) is 1.49. The Bertz CT molecular complexity index is 1360. The first kappa shape index (κ1) is 20.7. The fourth-order valence-corrected chi connectivity index (χ4v) is 3.90. The molecule has 8 nitrogen and oxygen atoms in total. The van der Waals surface area contributed by atoms with Crippen molar-refractivity contribution in [3.8, 4) is 27.9 Å². The van der Waals surface area contributed by atoms with Crippen molar-refractivity contribution in [2.45, 2.75) is 13.5 Å². The lowest BCUT2D eigenvalue weighted by molar-refractivity contribution is -0.0498. The maximum absolute atomic E-state index is 13.4. The smallest absolute Gasteiger partial charge is 0.387 e. The first-order valence-electron chi connectivity index (χ1n) is 9.16. The Kier molecular flexibility index (Phi) is 5.51. The standard InChI is InChI=1S/C20H16F2N4O4S/c1-3-29-20-23-17-15(31-20)10-13(14-8-9-16(27)25(2)24-14)18(28)26(17)11-4-6-12(7-5-11)30-19(21)22/h4-10,19H,3H2,1-2H3. The number of aromatic nitrogens is 4. The Labute approximate surface area is 177 Å². The second-order valence-corrected chi connectivity index (χ2v) is 7.35. The molecule has 0 bridgehead atoms. The minimum atomic E-state index is -2.95. The molecule has 0 radical (unpaired) electrons. The minimum absolute atomic E-state index is 0.0350. The molecule has 0 unspecified atom stereocenters. The van der Waals surface area contributed by atoms with E-state index in [0.29, 0.717) is 33.5 Å². The Morgan fingerprint density at radius 1 is 1.13 bits per heavy atom. The van der Waals surface area contributed by atoms with E-state index in [9.17, 15) is 18.4 Å². The lowest BCUT2D eigenvalue weighted by atomic mass is 10.2. The molecule has 4 rings (SSSR count). The normalized spacial score (nSPS) is 11.3. The molecule has 31 heavy (non-hydrogen) atoms. The van der Waals surface area contributed by atoms with Gasteiger partial charge in [0, 0.05) is 13.1 Å². The predicted octanol–water partition coefficient (Wildman–Crippen LogP) is 3.21. The first-order chi connectivity index (χ1) is 14.9. The number of hydrogen-bond donors (Lipinski definition) is 0. The summed E-state index contributed by atoms with van der Waals surface area (Å²) in [6, 6.07) is 10.1. The van der Waals surface area contributed by atoms with Crippen LogP contribution in [-0.4, -0.2) is 32.5 Å². The number of aryl methyl sites for hydroxylation is 1. The maximum Gasteiger partial charge on any atom is 0.387 e. The average Bonchev–Trinajstić information content (AvgIpc) is 3.12. The third kappa shape index (κ3) is 4.04. The lowest BCUT2D eigenvalue weighted by Gasteiger charge is -2.11. The van der Waals surface area contributed by atoms with Gasteiger partial charge >= 0.3 is 6.61 Å². The van der Waals surface area contributed by atoms with Crippen molar-refractivity contribution in [2.75, 3.05) is 6.61 Å². The van der Waals surface area contributed by atoms with Crippen molar-refractivity contribution in [1.29, 1.82) is 0 Å². The van der Waals surface area contributed by atoms with E-state index in [0.717, 1.165) is 4.68 Å². The van der Waals surface area contributed by atoms with Gasteiger partial charge in [0.1, 0.15) is 5.75 Å². The fourth-order valence-electron chi connectivity index (χ4n) is 3.00. The Morgan fingerprint density at radius 3 is 2.52 bits per heavy atom. The van der Waals surface area contributed by atoms with Gasteiger partial charge in [-0.1, -0.05) is 11.3 Å². The van der Waals surface area contributed by atoms with E-state index in [4.69, 9.17) is 4.74 Å². The molecule has 160 valence electrons. The highest BCUT2D eigenvalue weighted by atomic mass is 32.1. The molecule has 3 heterocycles. The number of rotatable bonds is 6. The van der Waals surface area contributed by atoms with Crippen LogP contribution < -0.4 is 20.6 Å². The zero-order valence-electron chi connectivity index (χ0n) is 16.4. The van der Waals surface area contributed by atoms with Crippen LogP contribution >= 0.6 is 11.3 Å². The van der Waals surface area contributed by atoms with Gasteiger partial charge in [0.15, 0.2) is 5.65 Å². The van der Waals surface area contributed by atoms with Crippen molar-refractivity contribution < 1.29 is 18.3 Å². The van der Waals surface area contributed by atoms with E-state index in [2.05, 4.69) is 14.8 Å². The van der Waals surface area contributed by atoms with Gasteiger partial charge in [0.25, 0.3) is 16.3 Å². The molecular formula is C20H16F2N4O4S. The van der Waals surface area contributed by atoms with Gasteiger partial charge in [-0.25, -0.2) is 4.68 Å². The summed E-state index contributed by atoms with van der Waals surface area (Å²) in [5.74, 6) is -0.0350. The highest BCUT2D eigenvalue weighted by molar-refractivity contribution is 7.20. The van der Waals surface area contributed by atoms with Crippen LogP contribution in [0.2, 0.25) is 0 Å². The summed E-state index contributed by atoms with van der Waals surface area (Å²) in [5.41, 5.74) is 0.575. The van der Waals surface area contributed by atoms with Gasteiger partial charge in [-0.15, -0.1) is 0 Å². The molecule has 0 aliphatic heterocycles. The molecule has 11 heteroatoms. The van der Waals surface area contributed by atoms with Crippen molar-refractivity contribution in [2.24, 2.45) is 7.05 Å². The van der Waals surface area contributed by atoms with Gasteiger partial charge in [-0.2, -0.15) is 18.9 Å². The summed E-state index contributed by atoms with van der Waals surface area (Å²) in [6.45, 7) is -0.730. The van der Waals surface area contributed by atoms with Gasteiger partial charge < -0.3 is 9.47 Å². The van der Waals surface area contributed by atoms with Crippen molar-refractivity contribution in [1.82, 2.24) is 19.3 Å². The van der Waals surface area contributed by atoms with Crippen molar-refractivity contribution in [3.05, 3.63) is 63.2 Å². The second-order valence-electron chi connectivity index (χ2n) is 6.35. The molecule has 1 aromatic carbocycles. The van der Waals surface area contributed by atoms with Crippen LogP contribution in [0.1, 0.15) is 6.92 Å². The summed E-state index contributed by atoms with van der Waals surface area (Å²) in [4.78, 5) is 29.5. The second kappa shape index (κ2) is 8.26. The SMILES string of the molecule is CCOc1nc2c(cc(-c3ccc(=O)n(C)n3)c(=O)n2-c2ccc(OC(F)F)cc2)s1. The maximum atomic E-state index is 13.4. The minimum Gasteiger partial charge on any atom is -0.470 e. The van der Waals surface area contributed by atoms with Crippen LogP contribution in [0, 0.1) is 0 Å². The summed E-state index contributed by atoms with van der Waals surface area (Å²) in [6.07, 6.45) is 0. The molecule has 0 aliphatic carbocycles. The molecule has 0 N–H and O–H groups in total. The fraction of sp³-hybridized carbons (Fsp3) is 0.200. The van der Waals surface area contributed by atoms with E-state index in [1.165, 1.54) is 59.3 Å². The number of pyridine rings is 1. The van der Waals surface area contributed by atoms with Crippen LogP contribution in [0.25, 0.3) is 27.3 Å². The number of nitrogens with zero attached hydrogens (tertiary/aromatic N) is 4. The highest BCUT2D eigenvalue weighted by Crippen LogP contribution is 2.31. The largest absolute Gasteiger partial charge is 0.470 e. The molecule has 4 aromatic rings. The predicted molar refractivity (Wildman–Crippen MR) is 111 cm³/mol. The molecule has 0 saturated carbocycles. The number of halogens is 2. The van der Waals surface area contributed by atoms with Crippen LogP contribution in [0.3, 0.4) is 0 Å². The van der Waals surface area contributed by atoms with Gasteiger partial charge in [-0.3, -0.25) is 14.2 Å². The van der Waals surface area contributed by atoms with Crippen molar-refractivity contribution in [3.63, 3.8) is 0 Å². The van der Waals surface area contributed by atoms with Crippen LogP contribution in [-0.2, 0) is 7.05 Å². The molecule has 0 aliphatic rings. The number of ether oxygens (including phenoxy) is 2. The number of thiazole rings is 1. The molecule has 0 atom stereocenters. The van der Waals surface area contributed by atoms with Crippen LogP contribution in [0.15, 0.2) is 52.1 Å². The van der Waals surface area contributed by atoms with E-state index in [1.54, 1.807) is 6.07 Å². The number of hydrogen-bond acceptors (Lipinski definition) is 7. The van der Waals surface area contributed by atoms with E-state index < -0.39 is 12.2 Å². The van der Waals surface area contributed by atoms with E-state index in [-0.39, 0.29) is 16.9 Å². The number of alkyl halides is 2. The monoisotopic (exact) mass is 446 g/mol. The summed E-state index contributed by atoms with van der Waals surface area (Å²) < 4.78 is 37.9. The van der Waals surface area contributed by atoms with Gasteiger partial charge in [0.2, 0.25) is 0 Å². The Balaban J connectivity index is 1.95. The summed E-state index contributed by atoms with van der Waals surface area (Å²) in [5, 5.41) is 4.56. The molecule has 0 fully saturated rings. The zero-order valence-corrected chi connectivity index (χ0v) is 17.2. The number of benzene rings is 1. The molecule has 3 aromatic heterocycles. The summed E-state index contributed by atoms with van der Waals surface area (Å²) >= 11 is 1.25. The topological polar surface area (TPSA) is 88.2 Å². The number of fused-ring (bicyclic) bond motifs is 1. The van der Waals surface area contributed by atoms with Crippen molar-refractivity contribution >= 4 is 21.7 Å².